The summed E-state index contributed by atoms with van der Waals surface area (Å²) < 4.78 is 0. The maximum Gasteiger partial charge on any atom is 0.0594 e. The number of fused-ring (bicyclic) bond motifs is 7. The number of hydrogen-bond donors (Lipinski definition) is 2. The van der Waals surface area contributed by atoms with Crippen LogP contribution in [0.4, 0.5) is 0 Å². The van der Waals surface area contributed by atoms with Crippen molar-refractivity contribution >= 4 is 0 Å². The Labute approximate surface area is 198 Å². The lowest BCUT2D eigenvalue weighted by Gasteiger charge is -2.71. The minimum absolute atomic E-state index is 0.0356. The van der Waals surface area contributed by atoms with Crippen LogP contribution in [0, 0.1) is 50.2 Å². The van der Waals surface area contributed by atoms with Crippen LogP contribution >= 0.6 is 0 Å². The predicted octanol–water partition coefficient (Wildman–Crippen LogP) is 7.11. The first-order valence-electron chi connectivity index (χ1n) is 13.8. The van der Waals surface area contributed by atoms with Gasteiger partial charge in [0.15, 0.2) is 0 Å². The van der Waals surface area contributed by atoms with Crippen molar-refractivity contribution in [1.29, 1.82) is 0 Å². The average molecular weight is 442 g/mol. The first-order valence-corrected chi connectivity index (χ1v) is 13.8. The van der Waals surface area contributed by atoms with Gasteiger partial charge in [-0.3, -0.25) is 0 Å². The lowest BCUT2D eigenvalue weighted by molar-refractivity contribution is -0.203. The van der Waals surface area contributed by atoms with E-state index in [2.05, 4.69) is 54.5 Å². The van der Waals surface area contributed by atoms with Crippen LogP contribution in [0.2, 0.25) is 0 Å². The molecule has 0 bridgehead atoms. The summed E-state index contributed by atoms with van der Waals surface area (Å²) in [5.74, 6) is 2.05. The molecular formula is C30H51NO. The molecule has 5 aliphatic carbocycles. The van der Waals surface area contributed by atoms with Crippen molar-refractivity contribution in [3.63, 3.8) is 0 Å². The molecule has 2 heteroatoms. The molecule has 0 saturated heterocycles. The van der Waals surface area contributed by atoms with Crippen LogP contribution in [0.15, 0.2) is 11.6 Å². The van der Waals surface area contributed by atoms with Crippen molar-refractivity contribution in [2.45, 2.75) is 119 Å². The maximum absolute atomic E-state index is 10.9. The smallest absolute Gasteiger partial charge is 0.0594 e. The monoisotopic (exact) mass is 441 g/mol. The predicted molar refractivity (Wildman–Crippen MR) is 134 cm³/mol. The second-order valence-corrected chi connectivity index (χ2v) is 15.2. The molecular weight excluding hydrogens is 390 g/mol. The fourth-order valence-electron chi connectivity index (χ4n) is 10.7. The summed E-state index contributed by atoms with van der Waals surface area (Å²) in [6, 6.07) is 0. The second kappa shape index (κ2) is 6.87. The molecule has 4 saturated carbocycles. The minimum Gasteiger partial charge on any atom is -0.393 e. The van der Waals surface area contributed by atoms with Gasteiger partial charge in [0, 0.05) is 0 Å². The molecule has 5 aliphatic rings. The van der Waals surface area contributed by atoms with Gasteiger partial charge in [0.2, 0.25) is 0 Å². The van der Waals surface area contributed by atoms with Gasteiger partial charge in [0.05, 0.1) is 6.10 Å². The normalized spacial score (nSPS) is 53.8. The van der Waals surface area contributed by atoms with E-state index < -0.39 is 0 Å². The van der Waals surface area contributed by atoms with Crippen molar-refractivity contribution in [3.8, 4) is 0 Å². The summed E-state index contributed by atoms with van der Waals surface area (Å²) in [5, 5.41) is 10.9. The van der Waals surface area contributed by atoms with Crippen LogP contribution in [0.25, 0.3) is 0 Å². The molecule has 0 radical (unpaired) electrons. The van der Waals surface area contributed by atoms with E-state index in [1.54, 1.807) is 0 Å². The molecule has 0 aliphatic heterocycles. The van der Waals surface area contributed by atoms with Crippen molar-refractivity contribution in [3.05, 3.63) is 11.6 Å². The number of aliphatic hydroxyl groups is 1. The molecule has 32 heavy (non-hydrogen) atoms. The fourth-order valence-corrected chi connectivity index (χ4v) is 10.7. The van der Waals surface area contributed by atoms with E-state index in [1.807, 2.05) is 5.57 Å². The van der Waals surface area contributed by atoms with Crippen LogP contribution in [-0.2, 0) is 0 Å². The van der Waals surface area contributed by atoms with Gasteiger partial charge in [-0.2, -0.15) is 0 Å². The maximum atomic E-state index is 10.9. The van der Waals surface area contributed by atoms with Gasteiger partial charge < -0.3 is 10.8 Å². The quantitative estimate of drug-likeness (QED) is 0.426. The molecule has 0 spiro atoms. The second-order valence-electron chi connectivity index (χ2n) is 15.2. The lowest BCUT2D eigenvalue weighted by Crippen LogP contribution is -2.65. The van der Waals surface area contributed by atoms with Crippen LogP contribution in [0.1, 0.15) is 113 Å². The van der Waals surface area contributed by atoms with Crippen LogP contribution in [0.3, 0.4) is 0 Å². The number of hydrogen-bond acceptors (Lipinski definition) is 2. The minimum atomic E-state index is -0.139. The van der Waals surface area contributed by atoms with Crippen molar-refractivity contribution in [2.75, 3.05) is 6.54 Å². The van der Waals surface area contributed by atoms with E-state index in [9.17, 15) is 5.11 Å². The molecule has 0 aromatic carbocycles. The number of allylic oxidation sites excluding steroid dienone is 2. The lowest BCUT2D eigenvalue weighted by atomic mass is 9.33. The van der Waals surface area contributed by atoms with E-state index in [0.29, 0.717) is 38.9 Å². The summed E-state index contributed by atoms with van der Waals surface area (Å²) in [5.41, 5.74) is 10.2. The average Bonchev–Trinajstić information content (AvgIpc) is 2.71. The van der Waals surface area contributed by atoms with Gasteiger partial charge in [-0.15, -0.1) is 0 Å². The Morgan fingerprint density at radius 1 is 0.875 bits per heavy atom. The van der Waals surface area contributed by atoms with Gasteiger partial charge in [-0.05, 0) is 121 Å². The van der Waals surface area contributed by atoms with Crippen LogP contribution in [-0.4, -0.2) is 17.8 Å². The van der Waals surface area contributed by atoms with Crippen molar-refractivity contribution < 1.29 is 5.11 Å². The molecule has 5 rings (SSSR count). The topological polar surface area (TPSA) is 46.2 Å². The Morgan fingerprint density at radius 2 is 1.56 bits per heavy atom. The molecule has 8 atom stereocenters. The number of nitrogens with two attached hydrogens (primary N) is 1. The summed E-state index contributed by atoms with van der Waals surface area (Å²) in [6.07, 6.45) is 15.3. The largest absolute Gasteiger partial charge is 0.393 e. The third-order valence-electron chi connectivity index (χ3n) is 13.2. The Hall–Kier alpha value is -0.340. The highest BCUT2D eigenvalue weighted by atomic mass is 16.3. The van der Waals surface area contributed by atoms with E-state index in [4.69, 9.17) is 5.73 Å². The zero-order valence-corrected chi connectivity index (χ0v) is 22.2. The first kappa shape index (κ1) is 23.4. The van der Waals surface area contributed by atoms with Gasteiger partial charge in [0.1, 0.15) is 0 Å². The standard InChI is InChI=1S/C30H51NO/c1-25(2)14-16-30(19-31)17-15-28(6)20(21(30)18-25)8-9-23-27(5)12-11-24(32)26(3,4)22(27)10-13-29(23,28)7/h8,21-24,32H,9-19,31H2,1-7H3/t21-,22-,23+,24-,27-,28+,29+,30+/m0/s1. The van der Waals surface area contributed by atoms with Crippen molar-refractivity contribution in [2.24, 2.45) is 56.0 Å². The summed E-state index contributed by atoms with van der Waals surface area (Å²) in [7, 11) is 0. The molecule has 0 aromatic rings. The van der Waals surface area contributed by atoms with E-state index in [-0.39, 0.29) is 11.5 Å². The van der Waals surface area contributed by atoms with E-state index in [0.717, 1.165) is 18.9 Å². The molecule has 3 N–H and O–H groups in total. The third kappa shape index (κ3) is 2.78. The highest BCUT2D eigenvalue weighted by molar-refractivity contribution is 5.34. The Kier molecular flexibility index (Phi) is 5.02. The molecule has 0 heterocycles. The zero-order valence-electron chi connectivity index (χ0n) is 22.2. The van der Waals surface area contributed by atoms with Gasteiger partial charge in [0.25, 0.3) is 0 Å². The van der Waals surface area contributed by atoms with Crippen LogP contribution in [0.5, 0.6) is 0 Å². The van der Waals surface area contributed by atoms with Crippen LogP contribution < -0.4 is 5.73 Å². The highest BCUT2D eigenvalue weighted by Gasteiger charge is 2.68. The molecule has 2 nitrogen and oxygen atoms in total. The van der Waals surface area contributed by atoms with E-state index in [1.165, 1.54) is 57.8 Å². The summed E-state index contributed by atoms with van der Waals surface area (Å²) in [6.45, 7) is 18.5. The SMILES string of the molecule is CC1(C)CC[C@]2(CN)CC[C@]3(C)C(=CC[C@@H]4[C@@]5(C)CC[C@H](O)C(C)(C)[C@@H]5CC[C@]43C)[C@@H]2C1. The molecule has 0 amide bonds. The molecule has 182 valence electrons. The fraction of sp³-hybridized carbons (Fsp3) is 0.933. The molecule has 4 fully saturated rings. The van der Waals surface area contributed by atoms with E-state index >= 15 is 0 Å². The Morgan fingerprint density at radius 3 is 2.25 bits per heavy atom. The summed E-state index contributed by atoms with van der Waals surface area (Å²) in [4.78, 5) is 0. The third-order valence-corrected chi connectivity index (χ3v) is 13.2. The number of aliphatic hydroxyl groups excluding tert-OH is 1. The van der Waals surface area contributed by atoms with Gasteiger partial charge in [-0.25, -0.2) is 0 Å². The Bertz CT molecular complexity index is 812. The number of rotatable bonds is 1. The first-order chi connectivity index (χ1) is 14.8. The zero-order chi connectivity index (χ0) is 23.4. The van der Waals surface area contributed by atoms with Crippen molar-refractivity contribution in [1.82, 2.24) is 0 Å². The van der Waals surface area contributed by atoms with Gasteiger partial charge >= 0.3 is 0 Å². The highest BCUT2D eigenvalue weighted by Crippen LogP contribution is 2.75. The summed E-state index contributed by atoms with van der Waals surface area (Å²) >= 11 is 0. The van der Waals surface area contributed by atoms with Gasteiger partial charge in [-0.1, -0.05) is 60.1 Å². The Balaban J connectivity index is 1.58. The molecule has 0 aromatic heterocycles. The molecule has 0 unspecified atom stereocenters.